The Bertz CT molecular complexity index is 654. The van der Waals surface area contributed by atoms with Gasteiger partial charge in [0.25, 0.3) is 0 Å². The molecule has 2 aromatic rings. The predicted molar refractivity (Wildman–Crippen MR) is 102 cm³/mol. The van der Waals surface area contributed by atoms with Crippen molar-refractivity contribution in [3.63, 3.8) is 0 Å². The van der Waals surface area contributed by atoms with Crippen LogP contribution in [0.1, 0.15) is 37.5 Å². The van der Waals surface area contributed by atoms with Gasteiger partial charge in [0.2, 0.25) is 0 Å². The predicted octanol–water partition coefficient (Wildman–Crippen LogP) is 3.40. The molecule has 0 aliphatic carbocycles. The highest BCUT2D eigenvalue weighted by atomic mass is 35.5. The number of para-hydroxylation sites is 2. The number of rotatable bonds is 3. The second-order valence-corrected chi connectivity index (χ2v) is 7.24. The molecular weight excluding hydrogens is 320 g/mol. The lowest BCUT2D eigenvalue weighted by molar-refractivity contribution is 0.151. The maximum absolute atomic E-state index is 4.74. The normalized spacial score (nSPS) is 21.0. The molecule has 1 aromatic carbocycles. The van der Waals surface area contributed by atoms with Crippen molar-refractivity contribution in [1.29, 1.82) is 0 Å². The van der Waals surface area contributed by atoms with Gasteiger partial charge in [0, 0.05) is 25.7 Å². The number of fused-ring (bicyclic) bond motifs is 1. The lowest BCUT2D eigenvalue weighted by atomic mass is 9.95. The number of aromatic nitrogens is 2. The van der Waals surface area contributed by atoms with Crippen molar-refractivity contribution in [1.82, 2.24) is 19.8 Å². The standard InChI is InChI=1S/C19H28N4.ClH/c1-15-21-18-4-2-3-5-19(18)23(15)17-8-12-22(13-9-17)14-16-6-10-20-11-7-16;/h2-5,16-17,20H,6-14H2,1H3;1H. The molecule has 2 aliphatic heterocycles. The van der Waals surface area contributed by atoms with Gasteiger partial charge in [-0.3, -0.25) is 0 Å². The summed E-state index contributed by atoms with van der Waals surface area (Å²) in [5, 5.41) is 3.47. The highest BCUT2D eigenvalue weighted by Crippen LogP contribution is 2.29. The average Bonchev–Trinajstić information content (AvgIpc) is 2.92. The quantitative estimate of drug-likeness (QED) is 0.922. The van der Waals surface area contributed by atoms with Gasteiger partial charge in [-0.1, -0.05) is 12.1 Å². The van der Waals surface area contributed by atoms with Crippen molar-refractivity contribution in [3.8, 4) is 0 Å². The van der Waals surface area contributed by atoms with Gasteiger partial charge in [0.15, 0.2) is 0 Å². The molecule has 2 saturated heterocycles. The topological polar surface area (TPSA) is 33.1 Å². The van der Waals surface area contributed by atoms with E-state index in [0.717, 1.165) is 11.4 Å². The van der Waals surface area contributed by atoms with Crippen LogP contribution < -0.4 is 5.32 Å². The fraction of sp³-hybridized carbons (Fsp3) is 0.632. The number of hydrogen-bond acceptors (Lipinski definition) is 3. The van der Waals surface area contributed by atoms with Gasteiger partial charge in [0.1, 0.15) is 5.82 Å². The number of nitrogens with zero attached hydrogens (tertiary/aromatic N) is 3. The molecule has 5 heteroatoms. The number of piperidine rings is 2. The summed E-state index contributed by atoms with van der Waals surface area (Å²) >= 11 is 0. The van der Waals surface area contributed by atoms with E-state index in [0.29, 0.717) is 6.04 Å². The molecule has 0 unspecified atom stereocenters. The zero-order valence-corrected chi connectivity index (χ0v) is 15.4. The highest BCUT2D eigenvalue weighted by Gasteiger charge is 2.25. The maximum atomic E-state index is 4.74. The Labute approximate surface area is 151 Å². The number of imidazole rings is 1. The van der Waals surface area contributed by atoms with Gasteiger partial charge < -0.3 is 14.8 Å². The Kier molecular flexibility index (Phi) is 5.80. The van der Waals surface area contributed by atoms with E-state index >= 15 is 0 Å². The fourth-order valence-corrected chi connectivity index (χ4v) is 4.42. The molecule has 2 aliphatic rings. The van der Waals surface area contributed by atoms with Crippen molar-refractivity contribution in [3.05, 3.63) is 30.1 Å². The minimum absolute atomic E-state index is 0. The van der Waals surface area contributed by atoms with Crippen LogP contribution in [0.15, 0.2) is 24.3 Å². The molecule has 1 N–H and O–H groups in total. The van der Waals surface area contributed by atoms with Crippen LogP contribution in [-0.2, 0) is 0 Å². The molecule has 2 fully saturated rings. The Morgan fingerprint density at radius 1 is 1.08 bits per heavy atom. The monoisotopic (exact) mass is 348 g/mol. The molecule has 0 atom stereocenters. The summed E-state index contributed by atoms with van der Waals surface area (Å²) in [7, 11) is 0. The van der Waals surface area contributed by atoms with Gasteiger partial charge in [-0.05, 0) is 63.7 Å². The molecule has 1 aromatic heterocycles. The number of aryl methyl sites for hydroxylation is 1. The average molecular weight is 349 g/mol. The van der Waals surface area contributed by atoms with Gasteiger partial charge in [-0.2, -0.15) is 0 Å². The Hall–Kier alpha value is -1.10. The van der Waals surface area contributed by atoms with E-state index in [1.807, 2.05) is 0 Å². The molecule has 4 rings (SSSR count). The Morgan fingerprint density at radius 2 is 1.79 bits per heavy atom. The highest BCUT2D eigenvalue weighted by molar-refractivity contribution is 5.85. The van der Waals surface area contributed by atoms with E-state index in [9.17, 15) is 0 Å². The molecule has 4 nitrogen and oxygen atoms in total. The van der Waals surface area contributed by atoms with E-state index in [4.69, 9.17) is 4.98 Å². The summed E-state index contributed by atoms with van der Waals surface area (Å²) in [4.78, 5) is 7.44. The van der Waals surface area contributed by atoms with E-state index in [1.54, 1.807) is 0 Å². The van der Waals surface area contributed by atoms with Crippen LogP contribution in [0, 0.1) is 12.8 Å². The van der Waals surface area contributed by atoms with Crippen LogP contribution >= 0.6 is 12.4 Å². The van der Waals surface area contributed by atoms with Gasteiger partial charge in [0.05, 0.1) is 11.0 Å². The minimum Gasteiger partial charge on any atom is -0.325 e. The zero-order chi connectivity index (χ0) is 15.6. The lowest BCUT2D eigenvalue weighted by Crippen LogP contribution is -2.40. The summed E-state index contributed by atoms with van der Waals surface area (Å²) in [6, 6.07) is 9.18. The van der Waals surface area contributed by atoms with E-state index in [1.165, 1.54) is 69.7 Å². The lowest BCUT2D eigenvalue weighted by Gasteiger charge is -2.36. The SMILES string of the molecule is Cc1nc2ccccc2n1C1CCN(CC2CCNCC2)CC1.Cl. The van der Waals surface area contributed by atoms with Crippen LogP contribution in [-0.4, -0.2) is 47.2 Å². The third-order valence-corrected chi connectivity index (χ3v) is 5.67. The van der Waals surface area contributed by atoms with E-state index < -0.39 is 0 Å². The first kappa shape index (κ1) is 17.7. The van der Waals surface area contributed by atoms with E-state index in [-0.39, 0.29) is 12.4 Å². The zero-order valence-electron chi connectivity index (χ0n) is 14.6. The smallest absolute Gasteiger partial charge is 0.106 e. The van der Waals surface area contributed by atoms with Gasteiger partial charge in [-0.15, -0.1) is 12.4 Å². The molecule has 0 bridgehead atoms. The summed E-state index contributed by atoms with van der Waals surface area (Å²) in [5.41, 5.74) is 2.45. The third-order valence-electron chi connectivity index (χ3n) is 5.67. The number of likely N-dealkylation sites (tertiary alicyclic amines) is 1. The first-order valence-electron chi connectivity index (χ1n) is 9.18. The Morgan fingerprint density at radius 3 is 2.54 bits per heavy atom. The number of benzene rings is 1. The van der Waals surface area contributed by atoms with E-state index in [2.05, 4.69) is 46.0 Å². The summed E-state index contributed by atoms with van der Waals surface area (Å²) in [6.07, 6.45) is 5.22. The van der Waals surface area contributed by atoms with Gasteiger partial charge in [-0.25, -0.2) is 4.98 Å². The number of nitrogens with one attached hydrogen (secondary N) is 1. The van der Waals surface area contributed by atoms with Gasteiger partial charge >= 0.3 is 0 Å². The van der Waals surface area contributed by atoms with Crippen LogP contribution in [0.3, 0.4) is 0 Å². The minimum atomic E-state index is 0. The van der Waals surface area contributed by atoms with Crippen LogP contribution in [0.25, 0.3) is 11.0 Å². The maximum Gasteiger partial charge on any atom is 0.106 e. The third kappa shape index (κ3) is 3.61. The van der Waals surface area contributed by atoms with Crippen molar-refractivity contribution in [2.24, 2.45) is 5.92 Å². The second-order valence-electron chi connectivity index (χ2n) is 7.24. The second kappa shape index (κ2) is 7.85. The molecule has 3 heterocycles. The number of hydrogen-bond donors (Lipinski definition) is 1. The van der Waals surface area contributed by atoms with Crippen molar-refractivity contribution >= 4 is 23.4 Å². The molecular formula is C19H29ClN4. The molecule has 0 saturated carbocycles. The first-order valence-corrected chi connectivity index (χ1v) is 9.18. The molecule has 0 radical (unpaired) electrons. The van der Waals surface area contributed by atoms with Crippen molar-refractivity contribution in [2.75, 3.05) is 32.7 Å². The molecule has 0 amide bonds. The van der Waals surface area contributed by atoms with Crippen LogP contribution in [0.5, 0.6) is 0 Å². The molecule has 0 spiro atoms. The van der Waals surface area contributed by atoms with Crippen molar-refractivity contribution in [2.45, 2.75) is 38.6 Å². The molecule has 24 heavy (non-hydrogen) atoms. The summed E-state index contributed by atoms with van der Waals surface area (Å²) in [6.45, 7) is 8.35. The molecule has 132 valence electrons. The summed E-state index contributed by atoms with van der Waals surface area (Å²) < 4.78 is 2.48. The summed E-state index contributed by atoms with van der Waals surface area (Å²) in [5.74, 6) is 2.08. The van der Waals surface area contributed by atoms with Crippen LogP contribution in [0.4, 0.5) is 0 Å². The van der Waals surface area contributed by atoms with Crippen molar-refractivity contribution < 1.29 is 0 Å². The largest absolute Gasteiger partial charge is 0.325 e. The first-order chi connectivity index (χ1) is 11.3. The fourth-order valence-electron chi connectivity index (χ4n) is 4.42. The van der Waals surface area contributed by atoms with Crippen LogP contribution in [0.2, 0.25) is 0 Å². The number of halogens is 1. The Balaban J connectivity index is 0.00000169.